The first kappa shape index (κ1) is 15.2. The van der Waals surface area contributed by atoms with Crippen LogP contribution in [0.25, 0.3) is 0 Å². The van der Waals surface area contributed by atoms with Crippen LogP contribution in [0.15, 0.2) is 41.1 Å². The van der Waals surface area contributed by atoms with Gasteiger partial charge in [-0.25, -0.2) is 4.98 Å². The van der Waals surface area contributed by atoms with Gasteiger partial charge in [0.25, 0.3) is 0 Å². The summed E-state index contributed by atoms with van der Waals surface area (Å²) < 4.78 is 6.23. The molecule has 0 aromatic carbocycles. The quantitative estimate of drug-likeness (QED) is 0.797. The van der Waals surface area contributed by atoms with E-state index in [1.54, 1.807) is 19.5 Å². The van der Waals surface area contributed by atoms with E-state index < -0.39 is 0 Å². The van der Waals surface area contributed by atoms with Gasteiger partial charge >= 0.3 is 0 Å². The average molecular weight is 379 g/mol. The van der Waals surface area contributed by atoms with E-state index in [4.69, 9.17) is 17.0 Å². The van der Waals surface area contributed by atoms with Gasteiger partial charge in [0.05, 0.1) is 17.3 Å². The second kappa shape index (κ2) is 6.58. The smallest absolute Gasteiger partial charge is 0.172 e. The Balaban J connectivity index is 1.59. The Morgan fingerprint density at radius 2 is 2.09 bits per heavy atom. The molecule has 0 spiro atoms. The molecule has 114 valence electrons. The molecule has 1 aliphatic rings. The highest BCUT2D eigenvalue weighted by atomic mass is 79.9. The number of hydrogen-bond acceptors (Lipinski definition) is 4. The van der Waals surface area contributed by atoms with E-state index in [1.165, 1.54) is 0 Å². The van der Waals surface area contributed by atoms with E-state index in [0.29, 0.717) is 16.8 Å². The molecule has 1 saturated carbocycles. The minimum atomic E-state index is 0.270. The first-order valence-electron chi connectivity index (χ1n) is 6.86. The van der Waals surface area contributed by atoms with Crippen LogP contribution in [0.5, 0.6) is 5.75 Å². The molecule has 2 atom stereocenters. The highest BCUT2D eigenvalue weighted by molar-refractivity contribution is 9.10. The fourth-order valence-electron chi connectivity index (χ4n) is 2.30. The SMILES string of the molecule is COc1cccnc1C1CC1NC(=S)Nc1ncccc1Br. The van der Waals surface area contributed by atoms with Gasteiger partial charge < -0.3 is 15.4 Å². The summed E-state index contributed by atoms with van der Waals surface area (Å²) in [6.45, 7) is 0. The van der Waals surface area contributed by atoms with Crippen molar-refractivity contribution in [2.75, 3.05) is 12.4 Å². The van der Waals surface area contributed by atoms with E-state index in [0.717, 1.165) is 22.3 Å². The van der Waals surface area contributed by atoms with Gasteiger partial charge in [-0.3, -0.25) is 4.98 Å². The van der Waals surface area contributed by atoms with Crippen LogP contribution in [0.4, 0.5) is 5.82 Å². The van der Waals surface area contributed by atoms with Gasteiger partial charge in [-0.2, -0.15) is 0 Å². The molecule has 22 heavy (non-hydrogen) atoms. The molecule has 0 radical (unpaired) electrons. The maximum atomic E-state index is 5.36. The first-order valence-corrected chi connectivity index (χ1v) is 8.06. The number of hydrogen-bond donors (Lipinski definition) is 2. The number of pyridine rings is 2. The zero-order valence-electron chi connectivity index (χ0n) is 11.9. The number of thiocarbonyl (C=S) groups is 1. The number of anilines is 1. The van der Waals surface area contributed by atoms with Crippen molar-refractivity contribution in [3.63, 3.8) is 0 Å². The minimum absolute atomic E-state index is 0.270. The second-order valence-corrected chi connectivity index (χ2v) is 6.23. The van der Waals surface area contributed by atoms with Crippen molar-refractivity contribution in [2.24, 2.45) is 0 Å². The van der Waals surface area contributed by atoms with Crippen molar-refractivity contribution in [1.29, 1.82) is 0 Å². The lowest BCUT2D eigenvalue weighted by Gasteiger charge is -2.11. The number of halogens is 1. The van der Waals surface area contributed by atoms with Gasteiger partial charge in [-0.15, -0.1) is 0 Å². The van der Waals surface area contributed by atoms with Gasteiger partial charge in [-0.1, -0.05) is 0 Å². The van der Waals surface area contributed by atoms with Crippen LogP contribution < -0.4 is 15.4 Å². The van der Waals surface area contributed by atoms with Crippen molar-refractivity contribution in [2.45, 2.75) is 18.4 Å². The number of nitrogens with zero attached hydrogens (tertiary/aromatic N) is 2. The molecular weight excluding hydrogens is 364 g/mol. The molecule has 2 N–H and O–H groups in total. The molecule has 3 rings (SSSR count). The minimum Gasteiger partial charge on any atom is -0.495 e. The number of rotatable bonds is 4. The van der Waals surface area contributed by atoms with E-state index in [1.807, 2.05) is 24.3 Å². The van der Waals surface area contributed by atoms with Crippen molar-refractivity contribution < 1.29 is 4.74 Å². The third-order valence-corrected chi connectivity index (χ3v) is 4.33. The van der Waals surface area contributed by atoms with Crippen LogP contribution in [0, 0.1) is 0 Å². The van der Waals surface area contributed by atoms with Crippen LogP contribution in [0.3, 0.4) is 0 Å². The van der Waals surface area contributed by atoms with Crippen LogP contribution >= 0.6 is 28.1 Å². The molecule has 5 nitrogen and oxygen atoms in total. The molecule has 2 aromatic heterocycles. The van der Waals surface area contributed by atoms with Crippen LogP contribution in [-0.2, 0) is 0 Å². The Morgan fingerprint density at radius 1 is 1.32 bits per heavy atom. The third kappa shape index (κ3) is 3.36. The van der Waals surface area contributed by atoms with Crippen molar-refractivity contribution in [3.05, 3.63) is 46.8 Å². The molecular formula is C15H15BrN4OS. The Kier molecular flexibility index (Phi) is 4.54. The van der Waals surface area contributed by atoms with Crippen LogP contribution in [0.2, 0.25) is 0 Å². The van der Waals surface area contributed by atoms with Gasteiger partial charge in [-0.05, 0) is 58.8 Å². The zero-order chi connectivity index (χ0) is 15.5. The third-order valence-electron chi connectivity index (χ3n) is 3.47. The molecule has 0 amide bonds. The Bertz CT molecular complexity index is 697. The van der Waals surface area contributed by atoms with Crippen LogP contribution in [0.1, 0.15) is 18.0 Å². The second-order valence-electron chi connectivity index (χ2n) is 4.97. The summed E-state index contributed by atoms with van der Waals surface area (Å²) in [4.78, 5) is 8.65. The molecule has 1 aliphatic carbocycles. The highest BCUT2D eigenvalue weighted by Gasteiger charge is 2.41. The predicted octanol–water partition coefficient (Wildman–Crippen LogP) is 3.09. The van der Waals surface area contributed by atoms with Crippen LogP contribution in [-0.4, -0.2) is 28.2 Å². The van der Waals surface area contributed by atoms with Gasteiger partial charge in [0.15, 0.2) is 5.11 Å². The summed E-state index contributed by atoms with van der Waals surface area (Å²) in [5.74, 6) is 1.85. The fraction of sp³-hybridized carbons (Fsp3) is 0.267. The number of ether oxygens (including phenoxy) is 1. The molecule has 0 saturated heterocycles. The lowest BCUT2D eigenvalue weighted by molar-refractivity contribution is 0.406. The molecule has 2 unspecified atom stereocenters. The predicted molar refractivity (Wildman–Crippen MR) is 93.2 cm³/mol. The first-order chi connectivity index (χ1) is 10.7. The van der Waals surface area contributed by atoms with Crippen molar-refractivity contribution >= 4 is 39.1 Å². The van der Waals surface area contributed by atoms with E-state index in [-0.39, 0.29) is 6.04 Å². The summed E-state index contributed by atoms with van der Waals surface area (Å²) in [5.41, 5.74) is 0.976. The molecule has 2 aromatic rings. The number of methoxy groups -OCH3 is 1. The number of aromatic nitrogens is 2. The summed E-state index contributed by atoms with van der Waals surface area (Å²) in [6.07, 6.45) is 4.49. The van der Waals surface area contributed by atoms with E-state index >= 15 is 0 Å². The standard InChI is InChI=1S/C15H15BrN4OS/c1-21-12-5-3-6-17-13(12)9-8-11(9)19-15(22)20-14-10(16)4-2-7-18-14/h2-7,9,11H,8H2,1H3,(H2,18,19,20,22). The van der Waals surface area contributed by atoms with E-state index in [2.05, 4.69) is 36.5 Å². The lowest BCUT2D eigenvalue weighted by atomic mass is 10.2. The Morgan fingerprint density at radius 3 is 2.86 bits per heavy atom. The number of nitrogens with one attached hydrogen (secondary N) is 2. The Hall–Kier alpha value is -1.73. The Labute approximate surface area is 142 Å². The average Bonchev–Trinajstić information content (AvgIpc) is 3.28. The summed E-state index contributed by atoms with van der Waals surface area (Å²) in [7, 11) is 1.66. The summed E-state index contributed by atoms with van der Waals surface area (Å²) in [6, 6.07) is 7.84. The largest absolute Gasteiger partial charge is 0.495 e. The summed E-state index contributed by atoms with van der Waals surface area (Å²) >= 11 is 8.78. The van der Waals surface area contributed by atoms with Crippen molar-refractivity contribution in [3.8, 4) is 5.75 Å². The normalized spacial score (nSPS) is 19.4. The maximum Gasteiger partial charge on any atom is 0.172 e. The molecule has 0 bridgehead atoms. The molecule has 1 fully saturated rings. The highest BCUT2D eigenvalue weighted by Crippen LogP contribution is 2.43. The zero-order valence-corrected chi connectivity index (χ0v) is 14.3. The van der Waals surface area contributed by atoms with Crippen molar-refractivity contribution in [1.82, 2.24) is 15.3 Å². The topological polar surface area (TPSA) is 59.1 Å². The summed E-state index contributed by atoms with van der Waals surface area (Å²) in [5, 5.41) is 6.94. The molecule has 0 aliphatic heterocycles. The lowest BCUT2D eigenvalue weighted by Crippen LogP contribution is -2.31. The fourth-order valence-corrected chi connectivity index (χ4v) is 2.90. The van der Waals surface area contributed by atoms with Gasteiger partial charge in [0, 0.05) is 24.4 Å². The molecule has 2 heterocycles. The maximum absolute atomic E-state index is 5.36. The van der Waals surface area contributed by atoms with E-state index in [9.17, 15) is 0 Å². The van der Waals surface area contributed by atoms with Gasteiger partial charge in [0.1, 0.15) is 11.6 Å². The monoisotopic (exact) mass is 378 g/mol. The molecule has 7 heteroatoms. The van der Waals surface area contributed by atoms with Gasteiger partial charge in [0.2, 0.25) is 0 Å².